The number of carbonyl (C=O) groups excluding carboxylic acids is 1. The molecule has 0 radical (unpaired) electrons. The van der Waals surface area contributed by atoms with Crippen molar-refractivity contribution in [3.05, 3.63) is 22.7 Å². The highest BCUT2D eigenvalue weighted by atomic mass is 35.5. The lowest BCUT2D eigenvalue weighted by molar-refractivity contribution is -0.118. The summed E-state index contributed by atoms with van der Waals surface area (Å²) in [6, 6.07) is 3.72. The molecule has 0 bridgehead atoms. The van der Waals surface area contributed by atoms with Gasteiger partial charge in [0.15, 0.2) is 5.13 Å². The highest BCUT2D eigenvalue weighted by Crippen LogP contribution is 2.35. The number of rotatable bonds is 8. The van der Waals surface area contributed by atoms with Gasteiger partial charge in [-0.2, -0.15) is 4.31 Å². The normalized spacial score (nSPS) is 15.8. The number of benzene rings is 1. The number of carbonyl (C=O) groups is 1. The number of nitrogens with zero attached hydrogens (tertiary/aromatic N) is 4. The first-order valence-electron chi connectivity index (χ1n) is 9.74. The molecule has 3 rings (SSSR count). The van der Waals surface area contributed by atoms with E-state index in [9.17, 15) is 13.2 Å². The van der Waals surface area contributed by atoms with Crippen molar-refractivity contribution in [1.82, 2.24) is 14.2 Å². The van der Waals surface area contributed by atoms with Crippen molar-refractivity contribution in [3.63, 3.8) is 0 Å². The van der Waals surface area contributed by atoms with Crippen molar-refractivity contribution < 1.29 is 17.9 Å². The maximum Gasteiger partial charge on any atom is 0.244 e. The average molecular weight is 475 g/mol. The molecule has 2 heterocycles. The number of ether oxygens (including phenoxy) is 1. The molecule has 0 saturated carbocycles. The Balaban J connectivity index is 1.82. The Morgan fingerprint density at radius 1 is 1.33 bits per heavy atom. The molecule has 1 aromatic heterocycles. The molecule has 1 amide bonds. The lowest BCUT2D eigenvalue weighted by atomic mass is 10.2. The van der Waals surface area contributed by atoms with Crippen LogP contribution in [0.4, 0.5) is 5.13 Å². The zero-order chi connectivity index (χ0) is 21.9. The number of hydrogen-bond acceptors (Lipinski definition) is 7. The number of hydrogen-bond donors (Lipinski definition) is 0. The minimum absolute atomic E-state index is 0.237. The third-order valence-electron chi connectivity index (χ3n) is 5.10. The molecule has 1 aromatic carbocycles. The number of fused-ring (bicyclic) bond motifs is 1. The minimum Gasteiger partial charge on any atom is -0.379 e. The summed E-state index contributed by atoms with van der Waals surface area (Å²) in [7, 11) is -2.06. The summed E-state index contributed by atoms with van der Waals surface area (Å²) in [5.41, 5.74) is 1.75. The zero-order valence-electron chi connectivity index (χ0n) is 17.4. The highest BCUT2D eigenvalue weighted by molar-refractivity contribution is 7.88. The van der Waals surface area contributed by atoms with Gasteiger partial charge in [0, 0.05) is 33.2 Å². The van der Waals surface area contributed by atoms with Crippen molar-refractivity contribution >= 4 is 54.2 Å². The largest absolute Gasteiger partial charge is 0.379 e. The number of anilines is 1. The Morgan fingerprint density at radius 3 is 2.67 bits per heavy atom. The van der Waals surface area contributed by atoms with Gasteiger partial charge in [-0.1, -0.05) is 29.0 Å². The van der Waals surface area contributed by atoms with Gasteiger partial charge in [0.05, 0.1) is 41.3 Å². The molecule has 166 valence electrons. The SMILES string of the molecule is Cc1ccc(Cl)c2sc(N(CCCN3CCOCC3)C(=O)CN(C)S(C)(=O)=O)nc12. The standard InChI is InChI=1S/C19H27ClN4O4S2/c1-14-5-6-15(20)18-17(14)21-19(29-18)24(16(25)13-22(2)30(3,26)27)8-4-7-23-9-11-28-12-10-23/h5-6H,4,7-13H2,1-3H3. The second-order valence-electron chi connectivity index (χ2n) is 7.41. The van der Waals surface area contributed by atoms with Crippen LogP contribution in [0.2, 0.25) is 5.02 Å². The van der Waals surface area contributed by atoms with E-state index < -0.39 is 10.0 Å². The summed E-state index contributed by atoms with van der Waals surface area (Å²) in [5.74, 6) is -0.308. The molecule has 1 saturated heterocycles. The van der Waals surface area contributed by atoms with Crippen molar-refractivity contribution in [1.29, 1.82) is 0 Å². The van der Waals surface area contributed by atoms with E-state index >= 15 is 0 Å². The lowest BCUT2D eigenvalue weighted by Crippen LogP contribution is -2.43. The topological polar surface area (TPSA) is 83.0 Å². The van der Waals surface area contributed by atoms with Crippen LogP contribution in [0.5, 0.6) is 0 Å². The van der Waals surface area contributed by atoms with Gasteiger partial charge in [0.25, 0.3) is 0 Å². The Labute approximate surface area is 186 Å². The number of thiazole rings is 1. The number of sulfonamides is 1. The molecule has 2 aromatic rings. The average Bonchev–Trinajstić information content (AvgIpc) is 3.14. The van der Waals surface area contributed by atoms with Crippen LogP contribution in [0, 0.1) is 6.92 Å². The molecule has 0 unspecified atom stereocenters. The van der Waals surface area contributed by atoms with Crippen LogP contribution >= 0.6 is 22.9 Å². The molecule has 1 aliphatic rings. The fourth-order valence-electron chi connectivity index (χ4n) is 3.20. The van der Waals surface area contributed by atoms with Gasteiger partial charge in [-0.3, -0.25) is 14.6 Å². The maximum absolute atomic E-state index is 13.0. The fourth-order valence-corrected chi connectivity index (χ4v) is 4.91. The van der Waals surface area contributed by atoms with Gasteiger partial charge in [-0.25, -0.2) is 13.4 Å². The lowest BCUT2D eigenvalue weighted by Gasteiger charge is -2.28. The van der Waals surface area contributed by atoms with Crippen LogP contribution in [-0.4, -0.2) is 87.8 Å². The summed E-state index contributed by atoms with van der Waals surface area (Å²) in [6.45, 7) is 6.18. The zero-order valence-corrected chi connectivity index (χ0v) is 19.8. The van der Waals surface area contributed by atoms with E-state index in [0.29, 0.717) is 16.7 Å². The molecule has 1 fully saturated rings. The van der Waals surface area contributed by atoms with Crippen LogP contribution < -0.4 is 4.90 Å². The van der Waals surface area contributed by atoms with Crippen molar-refractivity contribution in [2.24, 2.45) is 0 Å². The molecule has 0 N–H and O–H groups in total. The minimum atomic E-state index is -3.46. The second kappa shape index (κ2) is 9.88. The molecule has 0 aliphatic carbocycles. The van der Waals surface area contributed by atoms with Gasteiger partial charge < -0.3 is 4.74 Å². The van der Waals surface area contributed by atoms with E-state index in [1.165, 1.54) is 18.4 Å². The summed E-state index contributed by atoms with van der Waals surface area (Å²) in [5, 5.41) is 1.13. The van der Waals surface area contributed by atoms with Crippen LogP contribution in [0.3, 0.4) is 0 Å². The van der Waals surface area contributed by atoms with Crippen LogP contribution in [0.15, 0.2) is 12.1 Å². The quantitative estimate of drug-likeness (QED) is 0.583. The summed E-state index contributed by atoms with van der Waals surface area (Å²) in [4.78, 5) is 21.6. The predicted octanol–water partition coefficient (Wildman–Crippen LogP) is 2.20. The van der Waals surface area contributed by atoms with Gasteiger partial charge >= 0.3 is 0 Å². The van der Waals surface area contributed by atoms with Gasteiger partial charge in [-0.15, -0.1) is 0 Å². The molecule has 0 spiro atoms. The maximum atomic E-state index is 13.0. The number of aryl methyl sites for hydroxylation is 1. The number of aromatic nitrogens is 1. The van der Waals surface area contributed by atoms with E-state index in [1.807, 2.05) is 19.1 Å². The Hall–Kier alpha value is -1.30. The van der Waals surface area contributed by atoms with Crippen molar-refractivity contribution in [3.8, 4) is 0 Å². The van der Waals surface area contributed by atoms with E-state index in [0.717, 1.165) is 65.6 Å². The van der Waals surface area contributed by atoms with Gasteiger partial charge in [0.1, 0.15) is 0 Å². The van der Waals surface area contributed by atoms with Crippen molar-refractivity contribution in [2.45, 2.75) is 13.3 Å². The van der Waals surface area contributed by atoms with E-state index in [2.05, 4.69) is 9.88 Å². The summed E-state index contributed by atoms with van der Waals surface area (Å²) < 4.78 is 30.8. The number of likely N-dealkylation sites (N-methyl/N-ethyl adjacent to an activating group) is 1. The molecule has 11 heteroatoms. The monoisotopic (exact) mass is 474 g/mol. The Morgan fingerprint density at radius 2 is 2.03 bits per heavy atom. The third-order valence-corrected chi connectivity index (χ3v) is 7.90. The first kappa shape index (κ1) is 23.4. The molecule has 8 nitrogen and oxygen atoms in total. The van der Waals surface area contributed by atoms with Crippen LogP contribution in [0.25, 0.3) is 10.2 Å². The van der Waals surface area contributed by atoms with Crippen molar-refractivity contribution in [2.75, 3.05) is 64.1 Å². The number of amides is 1. The van der Waals surface area contributed by atoms with E-state index in [-0.39, 0.29) is 12.5 Å². The van der Waals surface area contributed by atoms with Gasteiger partial charge in [-0.05, 0) is 25.0 Å². The summed E-state index contributed by atoms with van der Waals surface area (Å²) in [6.07, 6.45) is 1.83. The smallest absolute Gasteiger partial charge is 0.244 e. The second-order valence-corrected chi connectivity index (χ2v) is 10.9. The molecule has 0 atom stereocenters. The summed E-state index contributed by atoms with van der Waals surface area (Å²) >= 11 is 7.69. The fraction of sp³-hybridized carbons (Fsp3) is 0.579. The number of halogens is 1. The number of morpholine rings is 1. The molecular formula is C19H27ClN4O4S2. The Bertz CT molecular complexity index is 966. The van der Waals surface area contributed by atoms with E-state index in [4.69, 9.17) is 16.3 Å². The Kier molecular flexibility index (Phi) is 7.70. The third kappa shape index (κ3) is 5.68. The predicted molar refractivity (Wildman–Crippen MR) is 121 cm³/mol. The first-order chi connectivity index (χ1) is 14.2. The van der Waals surface area contributed by atoms with Gasteiger partial charge in [0.2, 0.25) is 15.9 Å². The van der Waals surface area contributed by atoms with Crippen LogP contribution in [0.1, 0.15) is 12.0 Å². The molecular weight excluding hydrogens is 448 g/mol. The highest BCUT2D eigenvalue weighted by Gasteiger charge is 2.25. The molecule has 1 aliphatic heterocycles. The van der Waals surface area contributed by atoms with Crippen LogP contribution in [-0.2, 0) is 19.6 Å². The molecule has 30 heavy (non-hydrogen) atoms. The van der Waals surface area contributed by atoms with E-state index in [1.54, 1.807) is 4.90 Å². The first-order valence-corrected chi connectivity index (χ1v) is 12.8.